The SMILES string of the molecule is C=C(c1ccc([Si](C)C)cc1)c1cccc([Si](C)(C)OC(C)C)c1. The summed E-state index contributed by atoms with van der Waals surface area (Å²) < 4.78 is 6.22. The van der Waals surface area contributed by atoms with E-state index < -0.39 is 17.1 Å². The van der Waals surface area contributed by atoms with Gasteiger partial charge in [-0.3, -0.25) is 0 Å². The maximum atomic E-state index is 6.22. The average Bonchev–Trinajstić information content (AvgIpc) is 2.53. The van der Waals surface area contributed by atoms with Gasteiger partial charge in [0.05, 0.1) is 8.80 Å². The molecule has 0 aliphatic rings. The van der Waals surface area contributed by atoms with Gasteiger partial charge in [0.2, 0.25) is 8.32 Å². The van der Waals surface area contributed by atoms with Crippen LogP contribution in [0.2, 0.25) is 26.2 Å². The van der Waals surface area contributed by atoms with Gasteiger partial charge in [0.15, 0.2) is 0 Å². The molecule has 0 aliphatic carbocycles. The summed E-state index contributed by atoms with van der Waals surface area (Å²) in [7, 11) is -2.28. The van der Waals surface area contributed by atoms with Crippen LogP contribution in [0.4, 0.5) is 0 Å². The highest BCUT2D eigenvalue weighted by Gasteiger charge is 2.26. The van der Waals surface area contributed by atoms with Crippen molar-refractivity contribution in [2.45, 2.75) is 46.1 Å². The van der Waals surface area contributed by atoms with Gasteiger partial charge in [-0.05, 0) is 48.8 Å². The van der Waals surface area contributed by atoms with Crippen LogP contribution in [0, 0.1) is 0 Å². The van der Waals surface area contributed by atoms with Crippen molar-refractivity contribution >= 4 is 33.1 Å². The van der Waals surface area contributed by atoms with Crippen molar-refractivity contribution in [1.82, 2.24) is 0 Å². The first-order valence-corrected chi connectivity index (χ1v) is 14.0. The van der Waals surface area contributed by atoms with E-state index in [9.17, 15) is 0 Å². The summed E-state index contributed by atoms with van der Waals surface area (Å²) in [5, 5.41) is 2.78. The molecule has 1 nitrogen and oxygen atoms in total. The lowest BCUT2D eigenvalue weighted by Gasteiger charge is -2.26. The van der Waals surface area contributed by atoms with E-state index in [2.05, 4.69) is 95.1 Å². The fraction of sp³-hybridized carbons (Fsp3) is 0.333. The Morgan fingerprint density at radius 1 is 1.00 bits per heavy atom. The quantitative estimate of drug-likeness (QED) is 0.693. The van der Waals surface area contributed by atoms with Crippen LogP contribution in [-0.4, -0.2) is 23.2 Å². The van der Waals surface area contributed by atoms with Crippen molar-refractivity contribution in [2.75, 3.05) is 0 Å². The van der Waals surface area contributed by atoms with Crippen molar-refractivity contribution in [3.8, 4) is 0 Å². The number of benzene rings is 2. The standard InChI is InChI=1S/C21H29OSi2/c1-16(2)22-24(6,7)21-10-8-9-19(15-21)17(3)18-11-13-20(14-12-18)23(4)5/h8-16H,3H2,1-2,4-7H3. The van der Waals surface area contributed by atoms with Gasteiger partial charge in [-0.15, -0.1) is 0 Å². The van der Waals surface area contributed by atoms with Gasteiger partial charge in [-0.25, -0.2) is 0 Å². The van der Waals surface area contributed by atoms with E-state index in [0.717, 1.165) is 5.57 Å². The molecule has 0 atom stereocenters. The first-order valence-electron chi connectivity index (χ1n) is 8.59. The highest BCUT2D eigenvalue weighted by molar-refractivity contribution is 6.84. The van der Waals surface area contributed by atoms with Crippen molar-refractivity contribution < 1.29 is 4.43 Å². The predicted octanol–water partition coefficient (Wildman–Crippen LogP) is 4.55. The Morgan fingerprint density at radius 3 is 2.17 bits per heavy atom. The molecule has 0 N–H and O–H groups in total. The van der Waals surface area contributed by atoms with Gasteiger partial charge in [-0.2, -0.15) is 0 Å². The molecule has 0 unspecified atom stereocenters. The zero-order valence-electron chi connectivity index (χ0n) is 15.8. The highest BCUT2D eigenvalue weighted by atomic mass is 28.4. The molecule has 0 bridgehead atoms. The molecule has 24 heavy (non-hydrogen) atoms. The molecule has 2 aromatic rings. The molecular formula is C21H29OSi2. The number of rotatable bonds is 6. The molecule has 3 heteroatoms. The summed E-state index contributed by atoms with van der Waals surface area (Å²) in [6.07, 6.45) is 0.255. The molecule has 0 fully saturated rings. The van der Waals surface area contributed by atoms with Crippen LogP contribution in [0.3, 0.4) is 0 Å². The summed E-state index contributed by atoms with van der Waals surface area (Å²) >= 11 is 0. The minimum atomic E-state index is -1.88. The maximum Gasteiger partial charge on any atom is 0.218 e. The highest BCUT2D eigenvalue weighted by Crippen LogP contribution is 2.21. The Kier molecular flexibility index (Phi) is 6.02. The van der Waals surface area contributed by atoms with Crippen molar-refractivity contribution in [3.63, 3.8) is 0 Å². The fourth-order valence-corrected chi connectivity index (χ4v) is 6.06. The van der Waals surface area contributed by atoms with Crippen LogP contribution in [0.25, 0.3) is 5.57 Å². The summed E-state index contributed by atoms with van der Waals surface area (Å²) in [6, 6.07) is 17.6. The predicted molar refractivity (Wildman–Crippen MR) is 111 cm³/mol. The number of hydrogen-bond acceptors (Lipinski definition) is 1. The van der Waals surface area contributed by atoms with Gasteiger partial charge in [0, 0.05) is 6.10 Å². The van der Waals surface area contributed by atoms with E-state index in [1.54, 1.807) is 0 Å². The maximum absolute atomic E-state index is 6.22. The summed E-state index contributed by atoms with van der Waals surface area (Å²) in [4.78, 5) is 0. The van der Waals surface area contributed by atoms with E-state index in [1.165, 1.54) is 21.5 Å². The summed E-state index contributed by atoms with van der Waals surface area (Å²) in [5.41, 5.74) is 3.47. The second-order valence-corrected chi connectivity index (χ2v) is 13.7. The third-order valence-corrected chi connectivity index (χ3v) is 8.50. The van der Waals surface area contributed by atoms with E-state index in [4.69, 9.17) is 4.43 Å². The summed E-state index contributed by atoms with van der Waals surface area (Å²) in [6.45, 7) is 17.7. The topological polar surface area (TPSA) is 9.23 Å². The molecule has 0 saturated heterocycles. The molecule has 2 aromatic carbocycles. The Bertz CT molecular complexity index is 700. The van der Waals surface area contributed by atoms with E-state index >= 15 is 0 Å². The Morgan fingerprint density at radius 2 is 1.62 bits per heavy atom. The Balaban J connectivity index is 2.29. The second kappa shape index (κ2) is 7.64. The molecule has 1 radical (unpaired) electrons. The van der Waals surface area contributed by atoms with E-state index in [0.29, 0.717) is 0 Å². The zero-order valence-corrected chi connectivity index (χ0v) is 17.8. The van der Waals surface area contributed by atoms with Crippen LogP contribution in [0.15, 0.2) is 55.1 Å². The van der Waals surface area contributed by atoms with Crippen LogP contribution < -0.4 is 10.4 Å². The molecule has 0 aromatic heterocycles. The molecule has 0 aliphatic heterocycles. The molecule has 0 heterocycles. The largest absolute Gasteiger partial charge is 0.411 e. The van der Waals surface area contributed by atoms with Crippen molar-refractivity contribution in [1.29, 1.82) is 0 Å². The van der Waals surface area contributed by atoms with Gasteiger partial charge in [0.25, 0.3) is 0 Å². The van der Waals surface area contributed by atoms with E-state index in [1.807, 2.05) is 0 Å². The van der Waals surface area contributed by atoms with Crippen LogP contribution in [-0.2, 0) is 4.43 Å². The van der Waals surface area contributed by atoms with Gasteiger partial charge >= 0.3 is 0 Å². The molecule has 2 rings (SSSR count). The first kappa shape index (κ1) is 18.9. The third kappa shape index (κ3) is 4.56. The smallest absolute Gasteiger partial charge is 0.218 e. The van der Waals surface area contributed by atoms with Crippen molar-refractivity contribution in [2.24, 2.45) is 0 Å². The van der Waals surface area contributed by atoms with Crippen LogP contribution in [0.5, 0.6) is 0 Å². The average molecular weight is 354 g/mol. The molecule has 0 spiro atoms. The van der Waals surface area contributed by atoms with Gasteiger partial charge in [-0.1, -0.05) is 73.4 Å². The molecule has 0 amide bonds. The monoisotopic (exact) mass is 353 g/mol. The van der Waals surface area contributed by atoms with Crippen LogP contribution >= 0.6 is 0 Å². The Labute approximate surface area is 150 Å². The van der Waals surface area contributed by atoms with Crippen LogP contribution in [0.1, 0.15) is 25.0 Å². The normalized spacial score (nSPS) is 12.0. The Hall–Kier alpha value is -1.43. The van der Waals surface area contributed by atoms with Gasteiger partial charge < -0.3 is 4.43 Å². The lowest BCUT2D eigenvalue weighted by molar-refractivity contribution is 0.238. The van der Waals surface area contributed by atoms with E-state index in [-0.39, 0.29) is 6.10 Å². The third-order valence-electron chi connectivity index (χ3n) is 4.25. The minimum Gasteiger partial charge on any atom is -0.411 e. The van der Waals surface area contributed by atoms with Gasteiger partial charge in [0.1, 0.15) is 0 Å². The molecule has 0 saturated carbocycles. The molecular weight excluding hydrogens is 324 g/mol. The molecule has 127 valence electrons. The first-order chi connectivity index (χ1) is 11.2. The van der Waals surface area contributed by atoms with Crippen molar-refractivity contribution in [3.05, 3.63) is 66.2 Å². The lowest BCUT2D eigenvalue weighted by Crippen LogP contribution is -2.46. The lowest BCUT2D eigenvalue weighted by atomic mass is 10.00. The second-order valence-electron chi connectivity index (χ2n) is 7.31. The summed E-state index contributed by atoms with van der Waals surface area (Å²) in [5.74, 6) is 0. The fourth-order valence-electron chi connectivity index (χ4n) is 2.91. The minimum absolute atomic E-state index is 0.255. The zero-order chi connectivity index (χ0) is 17.9. The number of hydrogen-bond donors (Lipinski definition) is 0.